The molecule has 3 aromatic rings. The van der Waals surface area contributed by atoms with E-state index in [0.717, 1.165) is 11.3 Å². The Labute approximate surface area is 206 Å². The van der Waals surface area contributed by atoms with Crippen LogP contribution in [0.4, 0.5) is 5.69 Å². The van der Waals surface area contributed by atoms with Crippen LogP contribution >= 0.6 is 0 Å². The largest absolute Gasteiger partial charge is 0.494 e. The molecule has 1 aliphatic carbocycles. The van der Waals surface area contributed by atoms with Crippen molar-refractivity contribution in [3.05, 3.63) is 101 Å². The maximum atomic E-state index is 13.2. The lowest BCUT2D eigenvalue weighted by Gasteiger charge is -2.19. The molecular weight excluding hydrogens is 460 g/mol. The molecule has 1 N–H and O–H groups in total. The Morgan fingerprint density at radius 3 is 2.11 bits per heavy atom. The van der Waals surface area contributed by atoms with Crippen LogP contribution in [0.3, 0.4) is 0 Å². The van der Waals surface area contributed by atoms with Gasteiger partial charge in [0, 0.05) is 16.8 Å². The minimum atomic E-state index is -4.00. The molecule has 0 bridgehead atoms. The van der Waals surface area contributed by atoms with E-state index in [0.29, 0.717) is 23.4 Å². The summed E-state index contributed by atoms with van der Waals surface area (Å²) >= 11 is 0. The fourth-order valence-corrected chi connectivity index (χ4v) is 4.76. The van der Waals surface area contributed by atoms with Gasteiger partial charge in [0.1, 0.15) is 5.75 Å². The highest BCUT2D eigenvalue weighted by atomic mass is 32.2. The number of rotatable bonds is 6. The van der Waals surface area contributed by atoms with Gasteiger partial charge in [0.2, 0.25) is 5.78 Å². The van der Waals surface area contributed by atoms with Crippen LogP contribution in [-0.4, -0.2) is 26.5 Å². The summed E-state index contributed by atoms with van der Waals surface area (Å²) in [6.07, 6.45) is 1.49. The zero-order chi connectivity index (χ0) is 25.2. The van der Waals surface area contributed by atoms with Crippen LogP contribution in [0.1, 0.15) is 49.2 Å². The van der Waals surface area contributed by atoms with Crippen LogP contribution in [0.2, 0.25) is 0 Å². The zero-order valence-corrected chi connectivity index (χ0v) is 21.0. The number of nitrogens with zero attached hydrogens (tertiary/aromatic N) is 1. The minimum Gasteiger partial charge on any atom is -0.494 e. The number of hydrogen-bond donors (Lipinski definition) is 1. The van der Waals surface area contributed by atoms with Crippen molar-refractivity contribution in [2.45, 2.75) is 38.0 Å². The summed E-state index contributed by atoms with van der Waals surface area (Å²) in [4.78, 5) is 13.2. The Morgan fingerprint density at radius 2 is 1.51 bits per heavy atom. The highest BCUT2D eigenvalue weighted by Crippen LogP contribution is 2.27. The van der Waals surface area contributed by atoms with E-state index in [1.807, 2.05) is 6.92 Å². The van der Waals surface area contributed by atoms with E-state index >= 15 is 0 Å². The first kappa shape index (κ1) is 24.4. The summed E-state index contributed by atoms with van der Waals surface area (Å²) in [6, 6.07) is 20.8. The average Bonchev–Trinajstić information content (AvgIpc) is 2.83. The second-order valence-electron chi connectivity index (χ2n) is 9.24. The van der Waals surface area contributed by atoms with E-state index in [1.54, 1.807) is 72.8 Å². The van der Waals surface area contributed by atoms with Crippen molar-refractivity contribution in [1.29, 1.82) is 0 Å². The monoisotopic (exact) mass is 488 g/mol. The first-order chi connectivity index (χ1) is 16.6. The number of ketones is 1. The van der Waals surface area contributed by atoms with Gasteiger partial charge in [0.15, 0.2) is 0 Å². The van der Waals surface area contributed by atoms with Crippen LogP contribution in [0.25, 0.3) is 0 Å². The summed E-state index contributed by atoms with van der Waals surface area (Å²) in [5, 5.41) is 3.10. The smallest absolute Gasteiger partial charge is 0.282 e. The molecule has 0 spiro atoms. The van der Waals surface area contributed by atoms with Crippen LogP contribution in [0.15, 0.2) is 93.9 Å². The van der Waals surface area contributed by atoms with Crippen molar-refractivity contribution in [3.63, 3.8) is 0 Å². The Bertz CT molecular complexity index is 1410. The van der Waals surface area contributed by atoms with Gasteiger partial charge in [-0.2, -0.15) is 12.8 Å². The molecule has 0 atom stereocenters. The average molecular weight is 489 g/mol. The SMILES string of the molecule is CCOc1ccc(NC2=CC(=NS(=O)(=O)c3ccc(C(C)(C)C)cc3)c3ccccc3C2=O)cc1. The number of carbonyl (C=O) groups excluding carboxylic acids is 1. The zero-order valence-electron chi connectivity index (χ0n) is 20.2. The molecule has 0 fully saturated rings. The first-order valence-electron chi connectivity index (χ1n) is 11.4. The van der Waals surface area contributed by atoms with E-state index in [-0.39, 0.29) is 27.5 Å². The van der Waals surface area contributed by atoms with Gasteiger partial charge >= 0.3 is 0 Å². The second kappa shape index (κ2) is 9.50. The molecule has 6 nitrogen and oxygen atoms in total. The second-order valence-corrected chi connectivity index (χ2v) is 10.8. The van der Waals surface area contributed by atoms with Crippen LogP contribution in [0.5, 0.6) is 5.75 Å². The van der Waals surface area contributed by atoms with Crippen molar-refractivity contribution in [2.75, 3.05) is 11.9 Å². The molecule has 4 rings (SSSR count). The van der Waals surface area contributed by atoms with Crippen molar-refractivity contribution in [2.24, 2.45) is 4.40 Å². The number of Topliss-reactive ketones (excluding diaryl/α,β-unsaturated/α-hetero) is 1. The summed E-state index contributed by atoms with van der Waals surface area (Å²) in [6.45, 7) is 8.66. The lowest BCUT2D eigenvalue weighted by Crippen LogP contribution is -2.22. The van der Waals surface area contributed by atoms with Crippen molar-refractivity contribution in [1.82, 2.24) is 0 Å². The van der Waals surface area contributed by atoms with Crippen LogP contribution < -0.4 is 10.1 Å². The number of nitrogens with one attached hydrogen (secondary N) is 1. The van der Waals surface area contributed by atoms with Gasteiger partial charge in [0.25, 0.3) is 10.0 Å². The molecule has 0 heterocycles. The first-order valence-corrected chi connectivity index (χ1v) is 12.8. The molecule has 1 aliphatic rings. The van der Waals surface area contributed by atoms with Crippen LogP contribution in [0, 0.1) is 0 Å². The van der Waals surface area contributed by atoms with Gasteiger partial charge in [-0.1, -0.05) is 57.2 Å². The molecule has 0 unspecified atom stereocenters. The number of benzene rings is 3. The number of ether oxygens (including phenoxy) is 1. The predicted molar refractivity (Wildman–Crippen MR) is 139 cm³/mol. The van der Waals surface area contributed by atoms with E-state index in [9.17, 15) is 13.2 Å². The fraction of sp³-hybridized carbons (Fsp3) is 0.214. The maximum absolute atomic E-state index is 13.2. The number of anilines is 1. The Hall–Kier alpha value is -3.71. The Kier molecular flexibility index (Phi) is 6.63. The van der Waals surface area contributed by atoms with Crippen molar-refractivity contribution in [3.8, 4) is 5.75 Å². The highest BCUT2D eigenvalue weighted by molar-refractivity contribution is 7.90. The molecule has 7 heteroatoms. The van der Waals surface area contributed by atoms with Gasteiger partial charge in [-0.05, 0) is 60.4 Å². The molecule has 0 saturated heterocycles. The van der Waals surface area contributed by atoms with Gasteiger partial charge in [-0.3, -0.25) is 4.79 Å². The topological polar surface area (TPSA) is 84.8 Å². The summed E-state index contributed by atoms with van der Waals surface area (Å²) < 4.78 is 36.0. The standard InChI is InChI=1S/C28H28N2O4S/c1-5-34-21-14-12-20(13-15-21)29-26-18-25(23-8-6-7-9-24(23)27(26)31)30-35(32,33)22-16-10-19(11-17-22)28(2,3)4/h6-18,29H,5H2,1-4H3. The lowest BCUT2D eigenvalue weighted by atomic mass is 9.87. The molecule has 35 heavy (non-hydrogen) atoms. The summed E-state index contributed by atoms with van der Waals surface area (Å²) in [5.74, 6) is 0.485. The lowest BCUT2D eigenvalue weighted by molar-refractivity contribution is 0.103. The van der Waals surface area contributed by atoms with Crippen molar-refractivity contribution >= 4 is 27.2 Å². The third-order valence-corrected chi connectivity index (χ3v) is 6.96. The summed E-state index contributed by atoms with van der Waals surface area (Å²) in [5.41, 5.74) is 2.91. The number of sulfonamides is 1. The van der Waals surface area contributed by atoms with Gasteiger partial charge in [-0.25, -0.2) is 0 Å². The van der Waals surface area contributed by atoms with Crippen LogP contribution in [-0.2, 0) is 15.4 Å². The molecule has 0 aromatic heterocycles. The van der Waals surface area contributed by atoms with E-state index in [4.69, 9.17) is 4.74 Å². The minimum absolute atomic E-state index is 0.0962. The molecule has 180 valence electrons. The van der Waals surface area contributed by atoms with Gasteiger partial charge in [-0.15, -0.1) is 0 Å². The molecule has 0 aliphatic heterocycles. The van der Waals surface area contributed by atoms with Crippen molar-refractivity contribution < 1.29 is 17.9 Å². The maximum Gasteiger partial charge on any atom is 0.282 e. The molecular formula is C28H28N2O4S. The third-order valence-electron chi connectivity index (χ3n) is 5.65. The highest BCUT2D eigenvalue weighted by Gasteiger charge is 2.26. The molecule has 0 amide bonds. The van der Waals surface area contributed by atoms with Gasteiger partial charge in [0.05, 0.1) is 22.9 Å². The Balaban J connectivity index is 1.72. The number of hydrogen-bond acceptors (Lipinski definition) is 5. The van der Waals surface area contributed by atoms with Gasteiger partial charge < -0.3 is 10.1 Å². The summed E-state index contributed by atoms with van der Waals surface area (Å²) in [7, 11) is -4.00. The number of fused-ring (bicyclic) bond motifs is 1. The molecule has 3 aromatic carbocycles. The van der Waals surface area contributed by atoms with E-state index in [2.05, 4.69) is 30.5 Å². The quantitative estimate of drug-likeness (QED) is 0.477. The van der Waals surface area contributed by atoms with E-state index < -0.39 is 10.0 Å². The molecule has 0 radical (unpaired) electrons. The number of carbonyl (C=O) groups is 1. The fourth-order valence-electron chi connectivity index (χ4n) is 3.76. The molecule has 0 saturated carbocycles. The van der Waals surface area contributed by atoms with E-state index in [1.165, 1.54) is 6.08 Å². The third kappa shape index (κ3) is 5.35. The number of allylic oxidation sites excluding steroid dienone is 2. The predicted octanol–water partition coefficient (Wildman–Crippen LogP) is 5.75. The Morgan fingerprint density at radius 1 is 0.886 bits per heavy atom. The normalized spacial score (nSPS) is 14.9.